The molecule has 0 atom stereocenters. The summed E-state index contributed by atoms with van der Waals surface area (Å²) in [6, 6.07) is 14.0. The molecule has 0 radical (unpaired) electrons. The van der Waals surface area contributed by atoms with E-state index in [0.29, 0.717) is 13.0 Å². The van der Waals surface area contributed by atoms with Crippen molar-refractivity contribution in [2.24, 2.45) is 0 Å². The van der Waals surface area contributed by atoms with Crippen molar-refractivity contribution in [1.29, 1.82) is 0 Å². The highest BCUT2D eigenvalue weighted by Gasteiger charge is 2.07. The first-order valence-corrected chi connectivity index (χ1v) is 9.30. The van der Waals surface area contributed by atoms with Gasteiger partial charge in [0.15, 0.2) is 6.20 Å². The lowest BCUT2D eigenvalue weighted by Crippen LogP contribution is -2.37. The topological polar surface area (TPSA) is 64.3 Å². The van der Waals surface area contributed by atoms with Crippen molar-refractivity contribution in [2.75, 3.05) is 24.7 Å². The Morgan fingerprint density at radius 3 is 2.42 bits per heavy atom. The maximum Gasteiger partial charge on any atom is 0.205 e. The normalized spacial score (nSPS) is 11.8. The predicted molar refractivity (Wildman–Crippen MR) is 95.5 cm³/mol. The fourth-order valence-electron chi connectivity index (χ4n) is 2.32. The molecule has 0 saturated carbocycles. The molecule has 0 aliphatic heterocycles. The third-order valence-corrected chi connectivity index (χ3v) is 4.41. The molecule has 24 heavy (non-hydrogen) atoms. The molecular weight excluding hydrogens is 324 g/mol. The van der Waals surface area contributed by atoms with Crippen molar-refractivity contribution >= 4 is 28.0 Å². The Labute approximate surface area is 143 Å². The van der Waals surface area contributed by atoms with Crippen LogP contribution in [0, 0.1) is 0 Å². The van der Waals surface area contributed by atoms with Crippen LogP contribution in [-0.4, -0.2) is 32.8 Å². The van der Waals surface area contributed by atoms with E-state index in [1.54, 1.807) is 0 Å². The summed E-state index contributed by atoms with van der Waals surface area (Å²) < 4.78 is 34.1. The van der Waals surface area contributed by atoms with Crippen LogP contribution in [0.4, 0.5) is 5.69 Å². The summed E-state index contributed by atoms with van der Waals surface area (Å²) in [7, 11) is -0.159. The second-order valence-corrected chi connectivity index (χ2v) is 7.28. The number of pyridine rings is 1. The zero-order valence-electron chi connectivity index (χ0n) is 13.9. The van der Waals surface area contributed by atoms with Gasteiger partial charge in [0, 0.05) is 50.2 Å². The van der Waals surface area contributed by atoms with E-state index in [4.69, 9.17) is 0 Å². The molecule has 5 nitrogen and oxygen atoms in total. The van der Waals surface area contributed by atoms with Crippen LogP contribution in [0.1, 0.15) is 17.7 Å². The first kappa shape index (κ1) is 18.2. The fraction of sp³-hybridized carbons (Fsp3) is 0.278. The third-order valence-electron chi connectivity index (χ3n) is 3.63. The average Bonchev–Trinajstić information content (AvgIpc) is 2.53. The number of hydrogen-bond donors (Lipinski definition) is 0. The maximum atomic E-state index is 10.7. The van der Waals surface area contributed by atoms with E-state index in [1.165, 1.54) is 0 Å². The highest BCUT2D eigenvalue weighted by Crippen LogP contribution is 2.14. The molecule has 0 amide bonds. The number of nitrogens with zero attached hydrogens (tertiary/aromatic N) is 2. The van der Waals surface area contributed by atoms with E-state index in [9.17, 15) is 13.0 Å². The standard InChI is InChI=1S/C18H22N2O3S/c1-19(2)17-10-7-16(8-11-17)9-12-18-6-3-4-13-20(18)14-5-15-24(21,22)23/h3-4,6-13H,5,14-15H2,1-2H3. The molecule has 0 spiro atoms. The molecule has 0 aliphatic carbocycles. The Balaban J connectivity index is 2.08. The molecule has 0 N–H and O–H groups in total. The van der Waals surface area contributed by atoms with Gasteiger partial charge in [-0.05, 0) is 29.8 Å². The molecule has 0 unspecified atom stereocenters. The molecular formula is C18H22N2O3S. The maximum absolute atomic E-state index is 10.7. The summed E-state index contributed by atoms with van der Waals surface area (Å²) in [4.78, 5) is 2.04. The van der Waals surface area contributed by atoms with Gasteiger partial charge in [0.25, 0.3) is 0 Å². The third kappa shape index (κ3) is 5.79. The monoisotopic (exact) mass is 346 g/mol. The van der Waals surface area contributed by atoms with Gasteiger partial charge in [-0.1, -0.05) is 12.1 Å². The van der Waals surface area contributed by atoms with Crippen LogP contribution >= 0.6 is 0 Å². The Bertz CT molecular complexity index is 797. The first-order valence-electron chi connectivity index (χ1n) is 7.73. The van der Waals surface area contributed by atoms with E-state index in [-0.39, 0.29) is 5.75 Å². The van der Waals surface area contributed by atoms with E-state index >= 15 is 0 Å². The predicted octanol–water partition coefficient (Wildman–Crippen LogP) is 2.15. The van der Waals surface area contributed by atoms with Gasteiger partial charge in [-0.15, -0.1) is 0 Å². The summed E-state index contributed by atoms with van der Waals surface area (Å²) in [5.74, 6) is -0.343. The summed E-state index contributed by atoms with van der Waals surface area (Å²) in [6.07, 6.45) is 6.18. The lowest BCUT2D eigenvalue weighted by molar-refractivity contribution is -0.698. The fourth-order valence-corrected chi connectivity index (χ4v) is 2.80. The molecule has 0 bridgehead atoms. The van der Waals surface area contributed by atoms with Crippen molar-refractivity contribution in [1.82, 2.24) is 0 Å². The van der Waals surface area contributed by atoms with Crippen molar-refractivity contribution in [3.8, 4) is 0 Å². The van der Waals surface area contributed by atoms with E-state index in [2.05, 4.69) is 12.1 Å². The number of aryl methyl sites for hydroxylation is 1. The molecule has 1 heterocycles. The minimum absolute atomic E-state index is 0.304. The zero-order chi connectivity index (χ0) is 17.6. The number of aromatic nitrogens is 1. The number of benzene rings is 1. The highest BCUT2D eigenvalue weighted by molar-refractivity contribution is 7.85. The smallest absolute Gasteiger partial charge is 0.205 e. The van der Waals surface area contributed by atoms with Crippen LogP contribution in [0.15, 0.2) is 48.7 Å². The van der Waals surface area contributed by atoms with Gasteiger partial charge in [-0.3, -0.25) is 0 Å². The second kappa shape index (κ2) is 8.08. The van der Waals surface area contributed by atoms with Crippen LogP contribution in [0.2, 0.25) is 0 Å². The van der Waals surface area contributed by atoms with Crippen molar-refractivity contribution < 1.29 is 17.5 Å². The molecule has 0 aliphatic rings. The SMILES string of the molecule is CN(C)c1ccc(C=Cc2cccc[n+]2CCCS(=O)(=O)[O-])cc1. The quantitative estimate of drug-likeness (QED) is 0.569. The van der Waals surface area contributed by atoms with E-state index in [0.717, 1.165) is 16.9 Å². The average molecular weight is 346 g/mol. The molecule has 0 saturated heterocycles. The van der Waals surface area contributed by atoms with Crippen molar-refractivity contribution in [3.63, 3.8) is 0 Å². The van der Waals surface area contributed by atoms with Crippen LogP contribution < -0.4 is 9.47 Å². The lowest BCUT2D eigenvalue weighted by atomic mass is 10.1. The number of rotatable bonds is 7. The summed E-state index contributed by atoms with van der Waals surface area (Å²) in [6.45, 7) is 0.488. The van der Waals surface area contributed by atoms with Gasteiger partial charge in [-0.25, -0.2) is 8.42 Å². The second-order valence-electron chi connectivity index (χ2n) is 5.75. The summed E-state index contributed by atoms with van der Waals surface area (Å²) >= 11 is 0. The van der Waals surface area contributed by atoms with Crippen LogP contribution in [0.5, 0.6) is 0 Å². The van der Waals surface area contributed by atoms with Crippen LogP contribution in [0.25, 0.3) is 12.2 Å². The Hall–Kier alpha value is -2.18. The highest BCUT2D eigenvalue weighted by atomic mass is 32.2. The number of anilines is 1. The molecule has 1 aromatic heterocycles. The molecule has 1 aromatic carbocycles. The van der Waals surface area contributed by atoms with Gasteiger partial charge in [-0.2, -0.15) is 4.57 Å². The van der Waals surface area contributed by atoms with Gasteiger partial charge in [0.1, 0.15) is 6.54 Å². The molecule has 6 heteroatoms. The van der Waals surface area contributed by atoms with Gasteiger partial charge < -0.3 is 9.45 Å². The van der Waals surface area contributed by atoms with Crippen molar-refractivity contribution in [2.45, 2.75) is 13.0 Å². The van der Waals surface area contributed by atoms with Crippen molar-refractivity contribution in [3.05, 3.63) is 59.9 Å². The Kier molecular flexibility index (Phi) is 6.11. The van der Waals surface area contributed by atoms with Gasteiger partial charge >= 0.3 is 0 Å². The molecule has 2 aromatic rings. The lowest BCUT2D eigenvalue weighted by Gasteiger charge is -2.11. The van der Waals surface area contributed by atoms with Gasteiger partial charge in [0.2, 0.25) is 5.69 Å². The van der Waals surface area contributed by atoms with Crippen LogP contribution in [-0.2, 0) is 16.7 Å². The Morgan fingerprint density at radius 1 is 1.08 bits per heavy atom. The number of hydrogen-bond acceptors (Lipinski definition) is 4. The minimum Gasteiger partial charge on any atom is -0.748 e. The Morgan fingerprint density at radius 2 is 1.79 bits per heavy atom. The van der Waals surface area contributed by atoms with E-state index < -0.39 is 10.1 Å². The van der Waals surface area contributed by atoms with E-state index in [1.807, 2.05) is 72.2 Å². The molecule has 2 rings (SSSR count). The summed E-state index contributed by atoms with van der Waals surface area (Å²) in [5, 5.41) is 0. The van der Waals surface area contributed by atoms with Gasteiger partial charge in [0.05, 0.1) is 10.1 Å². The minimum atomic E-state index is -4.16. The first-order chi connectivity index (χ1) is 11.3. The molecule has 128 valence electrons. The summed E-state index contributed by atoms with van der Waals surface area (Å²) in [5.41, 5.74) is 3.18. The largest absolute Gasteiger partial charge is 0.748 e. The molecule has 0 fully saturated rings. The van der Waals surface area contributed by atoms with Crippen LogP contribution in [0.3, 0.4) is 0 Å². The zero-order valence-corrected chi connectivity index (χ0v) is 14.7.